The van der Waals surface area contributed by atoms with E-state index < -0.39 is 0 Å². The van der Waals surface area contributed by atoms with E-state index in [9.17, 15) is 4.79 Å². The number of aromatic amines is 1. The molecule has 0 aliphatic rings. The quantitative estimate of drug-likeness (QED) is 0.570. The number of aromatic nitrogens is 2. The second kappa shape index (κ2) is 6.53. The molecule has 4 heteroatoms. The first-order valence-electron chi connectivity index (χ1n) is 7.99. The third kappa shape index (κ3) is 3.10. The Hall–Kier alpha value is -3.53. The molecule has 0 atom stereocenters. The molecule has 4 rings (SSSR count). The molecule has 0 unspecified atom stereocenters. The van der Waals surface area contributed by atoms with Gasteiger partial charge in [0.25, 0.3) is 5.56 Å². The van der Waals surface area contributed by atoms with Crippen LogP contribution in [0.15, 0.2) is 88.6 Å². The van der Waals surface area contributed by atoms with E-state index in [-0.39, 0.29) is 5.56 Å². The Morgan fingerprint density at radius 3 is 2.44 bits per heavy atom. The molecule has 4 nitrogen and oxygen atoms in total. The molecule has 0 aliphatic heterocycles. The Kier molecular flexibility index (Phi) is 3.92. The summed E-state index contributed by atoms with van der Waals surface area (Å²) in [5.41, 5.74) is 4.04. The minimum Gasteiger partial charge on any atom is -0.319 e. The van der Waals surface area contributed by atoms with Crippen LogP contribution >= 0.6 is 0 Å². The van der Waals surface area contributed by atoms with Crippen molar-refractivity contribution in [1.29, 1.82) is 0 Å². The maximum atomic E-state index is 12.5. The van der Waals surface area contributed by atoms with Crippen molar-refractivity contribution < 1.29 is 0 Å². The molecule has 0 aliphatic carbocycles. The summed E-state index contributed by atoms with van der Waals surface area (Å²) < 4.78 is 0. The Labute approximate surface area is 144 Å². The van der Waals surface area contributed by atoms with Gasteiger partial charge in [-0.2, -0.15) is 0 Å². The molecule has 0 fully saturated rings. The van der Waals surface area contributed by atoms with Gasteiger partial charge >= 0.3 is 0 Å². The molecule has 0 spiro atoms. The molecule has 0 saturated heterocycles. The highest BCUT2D eigenvalue weighted by Gasteiger charge is 2.11. The highest BCUT2D eigenvalue weighted by molar-refractivity contribution is 5.86. The van der Waals surface area contributed by atoms with Crippen molar-refractivity contribution in [3.8, 4) is 11.3 Å². The average Bonchev–Trinajstić information content (AvgIpc) is 2.67. The maximum absolute atomic E-state index is 12.5. The van der Waals surface area contributed by atoms with Gasteiger partial charge in [0.05, 0.1) is 16.7 Å². The summed E-state index contributed by atoms with van der Waals surface area (Å²) in [6, 6.07) is 24.9. The van der Waals surface area contributed by atoms with Gasteiger partial charge in [-0.3, -0.25) is 9.79 Å². The van der Waals surface area contributed by atoms with Crippen LogP contribution in [0.3, 0.4) is 0 Å². The summed E-state index contributed by atoms with van der Waals surface area (Å²) >= 11 is 0. The zero-order chi connectivity index (χ0) is 17.1. The third-order valence-electron chi connectivity index (χ3n) is 3.91. The second-order valence-electron chi connectivity index (χ2n) is 5.62. The van der Waals surface area contributed by atoms with Crippen LogP contribution in [0, 0.1) is 0 Å². The Morgan fingerprint density at radius 2 is 1.56 bits per heavy atom. The molecule has 1 aromatic heterocycles. The van der Waals surface area contributed by atoms with E-state index in [4.69, 9.17) is 0 Å². The van der Waals surface area contributed by atoms with Crippen molar-refractivity contribution in [3.63, 3.8) is 0 Å². The van der Waals surface area contributed by atoms with Gasteiger partial charge in [-0.15, -0.1) is 0 Å². The van der Waals surface area contributed by atoms with Crippen molar-refractivity contribution >= 4 is 22.9 Å². The van der Waals surface area contributed by atoms with E-state index in [1.165, 1.54) is 0 Å². The number of hydrogen-bond donors (Lipinski definition) is 1. The molecule has 1 N–H and O–H groups in total. The van der Waals surface area contributed by atoms with Gasteiger partial charge in [0.15, 0.2) is 0 Å². The monoisotopic (exact) mass is 325 g/mol. The van der Waals surface area contributed by atoms with Crippen molar-refractivity contribution in [2.45, 2.75) is 0 Å². The predicted molar refractivity (Wildman–Crippen MR) is 101 cm³/mol. The SMILES string of the molecule is O=c1[nH]c2ccccc2nc1-c1ccccc1N=Cc1ccccc1. The van der Waals surface area contributed by atoms with Crippen LogP contribution in [-0.4, -0.2) is 16.2 Å². The molecular weight excluding hydrogens is 310 g/mol. The van der Waals surface area contributed by atoms with E-state index in [2.05, 4.69) is 15.0 Å². The Bertz CT molecular complexity index is 1110. The van der Waals surface area contributed by atoms with E-state index in [1.54, 1.807) is 6.21 Å². The minimum absolute atomic E-state index is 0.221. The lowest BCUT2D eigenvalue weighted by atomic mass is 10.1. The van der Waals surface area contributed by atoms with Crippen LogP contribution < -0.4 is 5.56 Å². The first kappa shape index (κ1) is 15.0. The Morgan fingerprint density at radius 1 is 0.840 bits per heavy atom. The van der Waals surface area contributed by atoms with Gasteiger partial charge in [-0.1, -0.05) is 60.7 Å². The molecule has 0 radical (unpaired) electrons. The average molecular weight is 325 g/mol. The Balaban J connectivity index is 1.83. The van der Waals surface area contributed by atoms with Gasteiger partial charge in [-0.25, -0.2) is 4.98 Å². The van der Waals surface area contributed by atoms with E-state index >= 15 is 0 Å². The number of para-hydroxylation sites is 3. The second-order valence-corrected chi connectivity index (χ2v) is 5.62. The number of benzene rings is 3. The zero-order valence-corrected chi connectivity index (χ0v) is 13.4. The van der Waals surface area contributed by atoms with Gasteiger partial charge in [-0.05, 0) is 23.8 Å². The molecule has 0 amide bonds. The largest absolute Gasteiger partial charge is 0.319 e. The van der Waals surface area contributed by atoms with Crippen LogP contribution in [0.2, 0.25) is 0 Å². The third-order valence-corrected chi connectivity index (χ3v) is 3.91. The fraction of sp³-hybridized carbons (Fsp3) is 0. The number of nitrogens with one attached hydrogen (secondary N) is 1. The van der Waals surface area contributed by atoms with E-state index in [0.29, 0.717) is 16.9 Å². The van der Waals surface area contributed by atoms with Crippen LogP contribution in [-0.2, 0) is 0 Å². The predicted octanol–water partition coefficient (Wildman–Crippen LogP) is 4.34. The van der Waals surface area contributed by atoms with Crippen LogP contribution in [0.4, 0.5) is 5.69 Å². The van der Waals surface area contributed by atoms with Crippen molar-refractivity contribution in [1.82, 2.24) is 9.97 Å². The highest BCUT2D eigenvalue weighted by Crippen LogP contribution is 2.27. The number of fused-ring (bicyclic) bond motifs is 1. The molecule has 0 bridgehead atoms. The number of H-pyrrole nitrogens is 1. The lowest BCUT2D eigenvalue weighted by Crippen LogP contribution is -2.11. The highest BCUT2D eigenvalue weighted by atomic mass is 16.1. The molecule has 1 heterocycles. The maximum Gasteiger partial charge on any atom is 0.275 e. The summed E-state index contributed by atoms with van der Waals surface area (Å²) in [6.07, 6.45) is 1.79. The number of nitrogens with zero attached hydrogens (tertiary/aromatic N) is 2. The van der Waals surface area contributed by atoms with Crippen molar-refractivity contribution in [2.24, 2.45) is 4.99 Å². The minimum atomic E-state index is -0.221. The van der Waals surface area contributed by atoms with E-state index in [0.717, 1.165) is 16.6 Å². The lowest BCUT2D eigenvalue weighted by molar-refractivity contribution is 1.22. The smallest absolute Gasteiger partial charge is 0.275 e. The van der Waals surface area contributed by atoms with Gasteiger partial charge in [0, 0.05) is 11.8 Å². The summed E-state index contributed by atoms with van der Waals surface area (Å²) in [7, 11) is 0. The molecule has 25 heavy (non-hydrogen) atoms. The molecule has 3 aromatic carbocycles. The number of rotatable bonds is 3. The van der Waals surface area contributed by atoms with Gasteiger partial charge in [0.2, 0.25) is 0 Å². The van der Waals surface area contributed by atoms with Crippen LogP contribution in [0.1, 0.15) is 5.56 Å². The fourth-order valence-corrected chi connectivity index (χ4v) is 2.68. The zero-order valence-electron chi connectivity index (χ0n) is 13.4. The molecule has 0 saturated carbocycles. The lowest BCUT2D eigenvalue weighted by Gasteiger charge is -2.06. The summed E-state index contributed by atoms with van der Waals surface area (Å²) in [4.78, 5) is 24.5. The molecule has 120 valence electrons. The van der Waals surface area contributed by atoms with Gasteiger partial charge < -0.3 is 4.98 Å². The fourth-order valence-electron chi connectivity index (χ4n) is 2.68. The first-order chi connectivity index (χ1) is 12.3. The van der Waals surface area contributed by atoms with Crippen LogP contribution in [0.5, 0.6) is 0 Å². The summed E-state index contributed by atoms with van der Waals surface area (Å²) in [6.45, 7) is 0. The summed E-state index contributed by atoms with van der Waals surface area (Å²) in [5, 5.41) is 0. The molecule has 4 aromatic rings. The van der Waals surface area contributed by atoms with E-state index in [1.807, 2.05) is 78.9 Å². The van der Waals surface area contributed by atoms with Crippen molar-refractivity contribution in [2.75, 3.05) is 0 Å². The van der Waals surface area contributed by atoms with Crippen molar-refractivity contribution in [3.05, 3.63) is 94.8 Å². The normalized spacial score (nSPS) is 11.2. The topological polar surface area (TPSA) is 58.1 Å². The van der Waals surface area contributed by atoms with Crippen LogP contribution in [0.25, 0.3) is 22.3 Å². The number of hydrogen-bond acceptors (Lipinski definition) is 3. The van der Waals surface area contributed by atoms with Gasteiger partial charge in [0.1, 0.15) is 5.69 Å². The standard InChI is InChI=1S/C21H15N3O/c25-21-20(23-18-12-6-7-13-19(18)24-21)16-10-4-5-11-17(16)22-14-15-8-2-1-3-9-15/h1-14H,(H,24,25). The number of aliphatic imine (C=N–C) groups is 1. The first-order valence-corrected chi connectivity index (χ1v) is 7.99. The molecular formula is C21H15N3O. The summed E-state index contributed by atoms with van der Waals surface area (Å²) in [5.74, 6) is 0.